The van der Waals surface area contributed by atoms with E-state index in [0.29, 0.717) is 22.8 Å². The number of hydrazone groups is 1. The monoisotopic (exact) mass is 386 g/mol. The van der Waals surface area contributed by atoms with Crippen LogP contribution in [-0.4, -0.2) is 43.6 Å². The molecule has 0 radical (unpaired) electrons. The van der Waals surface area contributed by atoms with Crippen LogP contribution in [0.15, 0.2) is 40.8 Å². The van der Waals surface area contributed by atoms with Gasteiger partial charge < -0.3 is 14.2 Å². The molecule has 2 N–H and O–H groups in total. The first-order valence-corrected chi connectivity index (χ1v) is 8.77. The molecule has 9 heteroatoms. The molecule has 0 aliphatic carbocycles. The van der Waals surface area contributed by atoms with Gasteiger partial charge in [0.1, 0.15) is 0 Å². The average Bonchev–Trinajstić information content (AvgIpc) is 3.38. The van der Waals surface area contributed by atoms with E-state index in [1.165, 1.54) is 27.5 Å². The van der Waals surface area contributed by atoms with Gasteiger partial charge in [-0.15, -0.1) is 11.3 Å². The van der Waals surface area contributed by atoms with Gasteiger partial charge in [-0.3, -0.25) is 9.89 Å². The second-order valence-corrected chi connectivity index (χ2v) is 6.25. The van der Waals surface area contributed by atoms with Crippen molar-refractivity contribution in [3.8, 4) is 27.8 Å². The molecule has 140 valence electrons. The van der Waals surface area contributed by atoms with Crippen LogP contribution in [0.5, 0.6) is 17.2 Å². The van der Waals surface area contributed by atoms with E-state index in [1.54, 1.807) is 29.5 Å². The summed E-state index contributed by atoms with van der Waals surface area (Å²) >= 11 is 1.56. The molecular formula is C18H18N4O4S. The third-order valence-electron chi connectivity index (χ3n) is 3.66. The normalized spacial score (nSPS) is 10.8. The third kappa shape index (κ3) is 4.09. The van der Waals surface area contributed by atoms with E-state index in [4.69, 9.17) is 14.2 Å². The van der Waals surface area contributed by atoms with E-state index in [2.05, 4.69) is 20.7 Å². The number of methoxy groups -OCH3 is 3. The van der Waals surface area contributed by atoms with Crippen LogP contribution in [0.2, 0.25) is 0 Å². The van der Waals surface area contributed by atoms with Crippen molar-refractivity contribution in [2.24, 2.45) is 5.10 Å². The van der Waals surface area contributed by atoms with Crippen molar-refractivity contribution >= 4 is 23.5 Å². The van der Waals surface area contributed by atoms with Gasteiger partial charge in [0, 0.05) is 5.56 Å². The Morgan fingerprint density at radius 1 is 1.19 bits per heavy atom. The molecule has 2 aromatic heterocycles. The number of amides is 1. The molecule has 1 aromatic carbocycles. The lowest BCUT2D eigenvalue weighted by molar-refractivity contribution is 0.0950. The largest absolute Gasteiger partial charge is 0.493 e. The van der Waals surface area contributed by atoms with Crippen molar-refractivity contribution in [2.75, 3.05) is 21.3 Å². The van der Waals surface area contributed by atoms with Crippen molar-refractivity contribution in [1.82, 2.24) is 15.6 Å². The molecule has 0 unspecified atom stereocenters. The minimum absolute atomic E-state index is 0.250. The number of carbonyl (C=O) groups is 1. The molecule has 3 aromatic rings. The Morgan fingerprint density at radius 3 is 2.52 bits per heavy atom. The number of benzene rings is 1. The van der Waals surface area contributed by atoms with Crippen LogP contribution >= 0.6 is 11.3 Å². The number of H-pyrrole nitrogens is 1. The van der Waals surface area contributed by atoms with Crippen LogP contribution in [0, 0.1) is 0 Å². The molecule has 0 bridgehead atoms. The average molecular weight is 386 g/mol. The van der Waals surface area contributed by atoms with E-state index in [9.17, 15) is 4.79 Å². The van der Waals surface area contributed by atoms with Crippen molar-refractivity contribution in [2.45, 2.75) is 0 Å². The minimum atomic E-state index is -0.419. The number of nitrogens with zero attached hydrogens (tertiary/aromatic N) is 2. The molecule has 0 fully saturated rings. The van der Waals surface area contributed by atoms with Crippen molar-refractivity contribution in [3.05, 3.63) is 47.0 Å². The number of hydrogen-bond acceptors (Lipinski definition) is 7. The predicted molar refractivity (Wildman–Crippen MR) is 103 cm³/mol. The van der Waals surface area contributed by atoms with Gasteiger partial charge in [-0.1, -0.05) is 6.07 Å². The lowest BCUT2D eigenvalue weighted by Crippen LogP contribution is -2.18. The molecule has 3 rings (SSSR count). The number of rotatable bonds is 7. The number of ether oxygens (including phenoxy) is 3. The summed E-state index contributed by atoms with van der Waals surface area (Å²) in [5.74, 6) is 1.06. The van der Waals surface area contributed by atoms with Crippen LogP contribution in [-0.2, 0) is 0 Å². The Labute approximate surface area is 159 Å². The molecule has 0 atom stereocenters. The first kappa shape index (κ1) is 18.5. The predicted octanol–water partition coefficient (Wildman–Crippen LogP) is 2.93. The second-order valence-electron chi connectivity index (χ2n) is 5.30. The van der Waals surface area contributed by atoms with Gasteiger partial charge >= 0.3 is 0 Å². The lowest BCUT2D eigenvalue weighted by Gasteiger charge is -2.12. The molecule has 8 nitrogen and oxygen atoms in total. The van der Waals surface area contributed by atoms with E-state index in [1.807, 2.05) is 17.5 Å². The molecule has 0 aliphatic heterocycles. The number of aromatic amines is 1. The van der Waals surface area contributed by atoms with Crippen LogP contribution in [0.3, 0.4) is 0 Å². The number of thiophene rings is 1. The van der Waals surface area contributed by atoms with Gasteiger partial charge in [0.2, 0.25) is 5.75 Å². The van der Waals surface area contributed by atoms with Gasteiger partial charge in [-0.05, 0) is 29.6 Å². The Balaban J connectivity index is 1.71. The quantitative estimate of drug-likeness (QED) is 0.481. The molecule has 0 saturated carbocycles. The molecule has 0 saturated heterocycles. The molecule has 0 spiro atoms. The molecule has 2 heterocycles. The summed E-state index contributed by atoms with van der Waals surface area (Å²) in [6, 6.07) is 9.00. The highest BCUT2D eigenvalue weighted by molar-refractivity contribution is 7.13. The molecule has 1 amide bonds. The van der Waals surface area contributed by atoms with E-state index in [-0.39, 0.29) is 5.69 Å². The summed E-state index contributed by atoms with van der Waals surface area (Å²) < 4.78 is 15.8. The number of nitrogens with one attached hydrogen (secondary N) is 2. The number of hydrogen-bond donors (Lipinski definition) is 2. The highest BCUT2D eigenvalue weighted by Gasteiger charge is 2.13. The van der Waals surface area contributed by atoms with Crippen LogP contribution in [0.1, 0.15) is 16.1 Å². The second kappa shape index (κ2) is 8.37. The highest BCUT2D eigenvalue weighted by Crippen LogP contribution is 2.37. The Hall–Kier alpha value is -3.33. The first-order chi connectivity index (χ1) is 13.2. The van der Waals surface area contributed by atoms with Gasteiger partial charge in [-0.25, -0.2) is 5.43 Å². The Bertz CT molecular complexity index is 925. The molecule has 0 aliphatic rings. The highest BCUT2D eigenvalue weighted by atomic mass is 32.1. The zero-order valence-electron chi connectivity index (χ0n) is 15.0. The fraction of sp³-hybridized carbons (Fsp3) is 0.167. The van der Waals surface area contributed by atoms with Crippen LogP contribution in [0.4, 0.5) is 0 Å². The summed E-state index contributed by atoms with van der Waals surface area (Å²) in [6.07, 6.45) is 1.48. The maximum Gasteiger partial charge on any atom is 0.291 e. The van der Waals surface area contributed by atoms with Gasteiger partial charge in [0.15, 0.2) is 17.2 Å². The summed E-state index contributed by atoms with van der Waals surface area (Å²) in [5, 5.41) is 12.8. The smallest absolute Gasteiger partial charge is 0.291 e. The zero-order valence-corrected chi connectivity index (χ0v) is 15.8. The van der Waals surface area contributed by atoms with Crippen LogP contribution in [0.25, 0.3) is 10.6 Å². The molecular weight excluding hydrogens is 368 g/mol. The first-order valence-electron chi connectivity index (χ1n) is 7.89. The maximum atomic E-state index is 12.2. The SMILES string of the molecule is COc1cc(/C=N\NC(=O)c2cc(-c3cccs3)[nH]n2)cc(OC)c1OC. The third-order valence-corrected chi connectivity index (χ3v) is 4.57. The van der Waals surface area contributed by atoms with Gasteiger partial charge in [0.25, 0.3) is 5.91 Å². The standard InChI is InChI=1S/C18H18N4O4S/c1-24-14-7-11(8-15(25-2)17(14)26-3)10-19-22-18(23)13-9-12(20-21-13)16-5-4-6-27-16/h4-10H,1-3H3,(H,20,21)(H,22,23)/b19-10-. The zero-order chi connectivity index (χ0) is 19.2. The van der Waals surface area contributed by atoms with Crippen molar-refractivity contribution in [1.29, 1.82) is 0 Å². The van der Waals surface area contributed by atoms with Crippen LogP contribution < -0.4 is 19.6 Å². The topological polar surface area (TPSA) is 97.8 Å². The minimum Gasteiger partial charge on any atom is -0.493 e. The Kier molecular flexibility index (Phi) is 5.72. The fourth-order valence-electron chi connectivity index (χ4n) is 2.39. The fourth-order valence-corrected chi connectivity index (χ4v) is 3.09. The number of aromatic nitrogens is 2. The molecule has 27 heavy (non-hydrogen) atoms. The van der Waals surface area contributed by atoms with E-state index >= 15 is 0 Å². The van der Waals surface area contributed by atoms with E-state index < -0.39 is 5.91 Å². The summed E-state index contributed by atoms with van der Waals surface area (Å²) in [4.78, 5) is 13.2. The Morgan fingerprint density at radius 2 is 1.93 bits per heavy atom. The van der Waals surface area contributed by atoms with Crippen molar-refractivity contribution < 1.29 is 19.0 Å². The van der Waals surface area contributed by atoms with Gasteiger partial charge in [-0.2, -0.15) is 10.2 Å². The summed E-state index contributed by atoms with van der Waals surface area (Å²) in [6.45, 7) is 0. The summed E-state index contributed by atoms with van der Waals surface area (Å²) in [5.41, 5.74) is 4.15. The summed E-state index contributed by atoms with van der Waals surface area (Å²) in [7, 11) is 4.59. The van der Waals surface area contributed by atoms with E-state index in [0.717, 1.165) is 10.6 Å². The van der Waals surface area contributed by atoms with Gasteiger partial charge in [0.05, 0.1) is 38.1 Å². The maximum absolute atomic E-state index is 12.2. The number of carbonyl (C=O) groups excluding carboxylic acids is 1. The lowest BCUT2D eigenvalue weighted by atomic mass is 10.2. The van der Waals surface area contributed by atoms with Crippen molar-refractivity contribution in [3.63, 3.8) is 0 Å².